The molecule has 5 heteroatoms. The molecular formula is C22H21NO3S. The number of ether oxygens (including phenoxy) is 2. The summed E-state index contributed by atoms with van der Waals surface area (Å²) in [6.45, 7) is 4.58. The Kier molecular flexibility index (Phi) is 6.28. The maximum atomic E-state index is 13.2. The van der Waals surface area contributed by atoms with Gasteiger partial charge in [-0.1, -0.05) is 18.7 Å². The SMILES string of the molecule is C=CCOc1ccc(C(=O)N(Cc2cccs2)c2ccc(OC)cc2)cc1. The second-order valence-corrected chi connectivity index (χ2v) is 6.82. The van der Waals surface area contributed by atoms with Gasteiger partial charge in [-0.05, 0) is 60.0 Å². The lowest BCUT2D eigenvalue weighted by atomic mass is 10.1. The maximum Gasteiger partial charge on any atom is 0.258 e. The monoisotopic (exact) mass is 379 g/mol. The van der Waals surface area contributed by atoms with Crippen molar-refractivity contribution in [3.8, 4) is 11.5 Å². The Hall–Kier alpha value is -3.05. The number of methoxy groups -OCH3 is 1. The van der Waals surface area contributed by atoms with Gasteiger partial charge in [-0.15, -0.1) is 11.3 Å². The predicted molar refractivity (Wildman–Crippen MR) is 110 cm³/mol. The van der Waals surface area contributed by atoms with Gasteiger partial charge in [0.1, 0.15) is 18.1 Å². The Morgan fingerprint density at radius 1 is 1.07 bits per heavy atom. The van der Waals surface area contributed by atoms with E-state index in [1.54, 1.807) is 53.7 Å². The van der Waals surface area contributed by atoms with E-state index in [1.807, 2.05) is 41.8 Å². The van der Waals surface area contributed by atoms with E-state index in [4.69, 9.17) is 9.47 Å². The minimum Gasteiger partial charge on any atom is -0.497 e. The number of nitrogens with zero attached hydrogens (tertiary/aromatic N) is 1. The molecule has 0 radical (unpaired) electrons. The molecule has 3 rings (SSSR count). The van der Waals surface area contributed by atoms with Crippen LogP contribution in [0.3, 0.4) is 0 Å². The van der Waals surface area contributed by atoms with Crippen molar-refractivity contribution in [3.05, 3.63) is 89.1 Å². The molecule has 27 heavy (non-hydrogen) atoms. The number of benzene rings is 2. The molecule has 3 aromatic rings. The minimum absolute atomic E-state index is 0.0659. The first-order valence-electron chi connectivity index (χ1n) is 8.53. The van der Waals surface area contributed by atoms with Crippen LogP contribution in [0, 0.1) is 0 Å². The number of carbonyl (C=O) groups is 1. The molecule has 0 bridgehead atoms. The largest absolute Gasteiger partial charge is 0.497 e. The van der Waals surface area contributed by atoms with E-state index in [0.717, 1.165) is 16.3 Å². The van der Waals surface area contributed by atoms with Gasteiger partial charge in [0.05, 0.1) is 13.7 Å². The summed E-state index contributed by atoms with van der Waals surface area (Å²) < 4.78 is 10.7. The van der Waals surface area contributed by atoms with Crippen molar-refractivity contribution in [1.82, 2.24) is 0 Å². The van der Waals surface area contributed by atoms with Gasteiger partial charge in [0.15, 0.2) is 0 Å². The Morgan fingerprint density at radius 2 is 1.78 bits per heavy atom. The third kappa shape index (κ3) is 4.77. The molecule has 1 aromatic heterocycles. The first-order valence-corrected chi connectivity index (χ1v) is 9.41. The zero-order chi connectivity index (χ0) is 19.1. The van der Waals surface area contributed by atoms with Gasteiger partial charge >= 0.3 is 0 Å². The number of hydrogen-bond donors (Lipinski definition) is 0. The molecule has 138 valence electrons. The van der Waals surface area contributed by atoms with Gasteiger partial charge < -0.3 is 14.4 Å². The Balaban J connectivity index is 1.86. The van der Waals surface area contributed by atoms with Crippen molar-refractivity contribution >= 4 is 22.9 Å². The second-order valence-electron chi connectivity index (χ2n) is 5.79. The van der Waals surface area contributed by atoms with Gasteiger partial charge in [-0.2, -0.15) is 0 Å². The molecule has 2 aromatic carbocycles. The fourth-order valence-electron chi connectivity index (χ4n) is 2.61. The van der Waals surface area contributed by atoms with Gasteiger partial charge in [0.25, 0.3) is 5.91 Å². The lowest BCUT2D eigenvalue weighted by molar-refractivity contribution is 0.0985. The summed E-state index contributed by atoms with van der Waals surface area (Å²) in [5, 5.41) is 2.01. The lowest BCUT2D eigenvalue weighted by Gasteiger charge is -2.23. The van der Waals surface area contributed by atoms with Gasteiger partial charge in [-0.3, -0.25) is 4.79 Å². The quantitative estimate of drug-likeness (QED) is 0.507. The number of amides is 1. The van der Waals surface area contributed by atoms with Crippen LogP contribution in [0.2, 0.25) is 0 Å². The number of anilines is 1. The second kappa shape index (κ2) is 9.05. The minimum atomic E-state index is -0.0659. The number of rotatable bonds is 8. The van der Waals surface area contributed by atoms with E-state index < -0.39 is 0 Å². The summed E-state index contributed by atoms with van der Waals surface area (Å²) in [5.74, 6) is 1.40. The molecule has 0 atom stereocenters. The van der Waals surface area contributed by atoms with E-state index >= 15 is 0 Å². The highest BCUT2D eigenvalue weighted by Crippen LogP contribution is 2.25. The third-order valence-corrected chi connectivity index (χ3v) is 4.85. The predicted octanol–water partition coefficient (Wildman–Crippen LogP) is 5.17. The fraction of sp³-hybridized carbons (Fsp3) is 0.136. The Morgan fingerprint density at radius 3 is 2.37 bits per heavy atom. The first-order chi connectivity index (χ1) is 13.2. The van der Waals surface area contributed by atoms with E-state index in [0.29, 0.717) is 24.5 Å². The molecule has 1 amide bonds. The van der Waals surface area contributed by atoms with Crippen molar-refractivity contribution < 1.29 is 14.3 Å². The zero-order valence-electron chi connectivity index (χ0n) is 15.1. The normalized spacial score (nSPS) is 10.3. The first kappa shape index (κ1) is 18.7. The number of thiophene rings is 1. The van der Waals surface area contributed by atoms with Crippen molar-refractivity contribution in [2.75, 3.05) is 18.6 Å². The number of carbonyl (C=O) groups excluding carboxylic acids is 1. The molecule has 0 aliphatic carbocycles. The van der Waals surface area contributed by atoms with Crippen LogP contribution < -0.4 is 14.4 Å². The van der Waals surface area contributed by atoms with Crippen LogP contribution in [0.15, 0.2) is 78.7 Å². The molecule has 0 aliphatic heterocycles. The highest BCUT2D eigenvalue weighted by Gasteiger charge is 2.19. The summed E-state index contributed by atoms with van der Waals surface area (Å²) in [6.07, 6.45) is 1.69. The van der Waals surface area contributed by atoms with Crippen LogP contribution in [-0.4, -0.2) is 19.6 Å². The summed E-state index contributed by atoms with van der Waals surface area (Å²) in [5.41, 5.74) is 1.43. The average Bonchev–Trinajstić information content (AvgIpc) is 3.24. The molecule has 0 saturated heterocycles. The van der Waals surface area contributed by atoms with Crippen LogP contribution in [0.5, 0.6) is 11.5 Å². The van der Waals surface area contributed by atoms with Crippen LogP contribution >= 0.6 is 11.3 Å². The van der Waals surface area contributed by atoms with E-state index in [2.05, 4.69) is 6.58 Å². The zero-order valence-corrected chi connectivity index (χ0v) is 15.9. The number of hydrogen-bond acceptors (Lipinski definition) is 4. The van der Waals surface area contributed by atoms with Crippen LogP contribution in [0.1, 0.15) is 15.2 Å². The summed E-state index contributed by atoms with van der Waals surface area (Å²) >= 11 is 1.63. The van der Waals surface area contributed by atoms with E-state index in [1.165, 1.54) is 0 Å². The third-order valence-electron chi connectivity index (χ3n) is 3.99. The Labute approximate surface area is 163 Å². The molecule has 0 saturated carbocycles. The van der Waals surface area contributed by atoms with Gasteiger partial charge in [-0.25, -0.2) is 0 Å². The smallest absolute Gasteiger partial charge is 0.258 e. The lowest BCUT2D eigenvalue weighted by Crippen LogP contribution is -2.30. The highest BCUT2D eigenvalue weighted by molar-refractivity contribution is 7.09. The Bertz CT molecular complexity index is 871. The summed E-state index contributed by atoms with van der Waals surface area (Å²) in [6, 6.07) is 18.7. The van der Waals surface area contributed by atoms with Crippen LogP contribution in [-0.2, 0) is 6.54 Å². The van der Waals surface area contributed by atoms with Crippen molar-refractivity contribution in [2.45, 2.75) is 6.54 Å². The van der Waals surface area contributed by atoms with E-state index in [9.17, 15) is 4.79 Å². The van der Waals surface area contributed by atoms with E-state index in [-0.39, 0.29) is 5.91 Å². The standard InChI is InChI=1S/C22H21NO3S/c1-3-14-26-20-10-6-17(7-11-20)22(24)23(16-21-5-4-15-27-21)18-8-12-19(25-2)13-9-18/h3-13,15H,1,14,16H2,2H3. The fourth-order valence-corrected chi connectivity index (χ4v) is 3.30. The van der Waals surface area contributed by atoms with Crippen molar-refractivity contribution in [1.29, 1.82) is 0 Å². The van der Waals surface area contributed by atoms with Crippen molar-refractivity contribution in [2.24, 2.45) is 0 Å². The molecule has 0 spiro atoms. The highest BCUT2D eigenvalue weighted by atomic mass is 32.1. The molecule has 0 N–H and O–H groups in total. The van der Waals surface area contributed by atoms with Crippen molar-refractivity contribution in [3.63, 3.8) is 0 Å². The molecule has 0 fully saturated rings. The van der Waals surface area contributed by atoms with Gasteiger partial charge in [0.2, 0.25) is 0 Å². The average molecular weight is 379 g/mol. The maximum absolute atomic E-state index is 13.2. The summed E-state index contributed by atoms with van der Waals surface area (Å²) in [4.78, 5) is 16.1. The van der Waals surface area contributed by atoms with Gasteiger partial charge in [0, 0.05) is 16.1 Å². The van der Waals surface area contributed by atoms with Crippen LogP contribution in [0.4, 0.5) is 5.69 Å². The topological polar surface area (TPSA) is 38.8 Å². The molecule has 1 heterocycles. The summed E-state index contributed by atoms with van der Waals surface area (Å²) in [7, 11) is 1.62. The molecule has 0 unspecified atom stereocenters. The molecule has 4 nitrogen and oxygen atoms in total. The molecular weight excluding hydrogens is 358 g/mol. The molecule has 0 aliphatic rings. The van der Waals surface area contributed by atoms with Crippen LogP contribution in [0.25, 0.3) is 0 Å².